The van der Waals surface area contributed by atoms with Gasteiger partial charge < -0.3 is 15.3 Å². The minimum absolute atomic E-state index is 0.0297. The second kappa shape index (κ2) is 5.84. The number of piperazine rings is 1. The Morgan fingerprint density at radius 1 is 1.39 bits per heavy atom. The number of carboxylic acid groups (broad SMARTS) is 1. The Hall–Kier alpha value is -1.59. The number of carbonyl (C=O) groups excluding carboxylic acids is 2. The Kier molecular flexibility index (Phi) is 4.69. The maximum absolute atomic E-state index is 12.1. The van der Waals surface area contributed by atoms with Crippen LogP contribution in [0.4, 0.5) is 0 Å². The fraction of sp³-hybridized carbons (Fsp3) is 0.750. The van der Waals surface area contributed by atoms with Gasteiger partial charge in [0.2, 0.25) is 11.8 Å². The zero-order chi connectivity index (χ0) is 13.8. The van der Waals surface area contributed by atoms with Gasteiger partial charge in [0.15, 0.2) is 0 Å². The van der Waals surface area contributed by atoms with Crippen molar-refractivity contribution in [3.63, 3.8) is 0 Å². The average Bonchev–Trinajstić information content (AvgIpc) is 2.35. The molecule has 0 aromatic carbocycles. The first-order valence-corrected chi connectivity index (χ1v) is 6.23. The third kappa shape index (κ3) is 3.00. The third-order valence-corrected chi connectivity index (χ3v) is 3.69. The quantitative estimate of drug-likeness (QED) is 0.737. The molecule has 0 bridgehead atoms. The van der Waals surface area contributed by atoms with E-state index >= 15 is 0 Å². The van der Waals surface area contributed by atoms with Crippen LogP contribution in [-0.2, 0) is 14.4 Å². The highest BCUT2D eigenvalue weighted by molar-refractivity contribution is 5.89. The highest BCUT2D eigenvalue weighted by Crippen LogP contribution is 2.31. The molecule has 1 aliphatic heterocycles. The predicted octanol–water partition coefficient (Wildman–Crippen LogP) is 0.226. The van der Waals surface area contributed by atoms with Gasteiger partial charge >= 0.3 is 5.97 Å². The molecule has 2 amide bonds. The molecule has 1 heterocycles. The number of carbonyl (C=O) groups is 3. The number of amides is 2. The van der Waals surface area contributed by atoms with Crippen molar-refractivity contribution in [2.75, 3.05) is 19.6 Å². The minimum atomic E-state index is -1.01. The van der Waals surface area contributed by atoms with Crippen LogP contribution in [0.1, 0.15) is 33.1 Å². The van der Waals surface area contributed by atoms with E-state index in [1.165, 1.54) is 4.90 Å². The average molecular weight is 256 g/mol. The summed E-state index contributed by atoms with van der Waals surface area (Å²) in [6.07, 6.45) is 0.776. The lowest BCUT2D eigenvalue weighted by Gasteiger charge is -2.31. The van der Waals surface area contributed by atoms with Gasteiger partial charge in [-0.2, -0.15) is 0 Å². The molecule has 0 spiro atoms. The molecule has 6 nitrogen and oxygen atoms in total. The van der Waals surface area contributed by atoms with Crippen molar-refractivity contribution in [3.05, 3.63) is 0 Å². The Morgan fingerprint density at radius 3 is 2.44 bits per heavy atom. The van der Waals surface area contributed by atoms with Gasteiger partial charge in [0.05, 0.1) is 12.0 Å². The Bertz CT molecular complexity index is 350. The summed E-state index contributed by atoms with van der Waals surface area (Å²) < 4.78 is 0. The number of hydrogen-bond donors (Lipinski definition) is 2. The lowest BCUT2D eigenvalue weighted by atomic mass is 9.79. The van der Waals surface area contributed by atoms with Crippen LogP contribution in [0, 0.1) is 5.41 Å². The molecule has 1 fully saturated rings. The summed E-state index contributed by atoms with van der Waals surface area (Å²) in [7, 11) is 0. The molecule has 1 aliphatic rings. The molecule has 0 aromatic heterocycles. The molecule has 0 atom stereocenters. The number of aliphatic carboxylic acids is 1. The van der Waals surface area contributed by atoms with Gasteiger partial charge in [-0.3, -0.25) is 14.4 Å². The van der Waals surface area contributed by atoms with Crippen molar-refractivity contribution in [3.8, 4) is 0 Å². The molecule has 0 unspecified atom stereocenters. The summed E-state index contributed by atoms with van der Waals surface area (Å²) in [6, 6.07) is 0. The van der Waals surface area contributed by atoms with Gasteiger partial charge in [-0.1, -0.05) is 13.8 Å². The smallest absolute Gasteiger partial charge is 0.310 e. The van der Waals surface area contributed by atoms with Crippen LogP contribution in [0.25, 0.3) is 0 Å². The van der Waals surface area contributed by atoms with Crippen LogP contribution in [0.15, 0.2) is 0 Å². The Morgan fingerprint density at radius 2 is 2.00 bits per heavy atom. The molecule has 6 heteroatoms. The highest BCUT2D eigenvalue weighted by Gasteiger charge is 2.38. The first kappa shape index (κ1) is 14.5. The number of nitrogens with zero attached hydrogens (tertiary/aromatic N) is 1. The second-order valence-corrected chi connectivity index (χ2v) is 4.63. The van der Waals surface area contributed by atoms with Gasteiger partial charge in [0.1, 0.15) is 0 Å². The van der Waals surface area contributed by atoms with E-state index in [1.807, 2.05) is 0 Å². The summed E-state index contributed by atoms with van der Waals surface area (Å²) in [5.74, 6) is -1.39. The molecule has 102 valence electrons. The first-order chi connectivity index (χ1) is 8.45. The minimum Gasteiger partial charge on any atom is -0.481 e. The van der Waals surface area contributed by atoms with Crippen LogP contribution in [0.2, 0.25) is 0 Å². The van der Waals surface area contributed by atoms with Crippen molar-refractivity contribution in [1.82, 2.24) is 10.2 Å². The molecular formula is C12H20N2O4. The van der Waals surface area contributed by atoms with Crippen LogP contribution in [0.3, 0.4) is 0 Å². The van der Waals surface area contributed by atoms with Crippen molar-refractivity contribution in [2.24, 2.45) is 5.41 Å². The van der Waals surface area contributed by atoms with Crippen molar-refractivity contribution in [2.45, 2.75) is 33.1 Å². The lowest BCUT2D eigenvalue weighted by molar-refractivity contribution is -0.154. The molecule has 2 N–H and O–H groups in total. The number of nitrogens with one attached hydrogen (secondary N) is 1. The summed E-state index contributed by atoms with van der Waals surface area (Å²) in [5, 5.41) is 11.9. The van der Waals surface area contributed by atoms with Crippen molar-refractivity contribution >= 4 is 17.8 Å². The monoisotopic (exact) mass is 256 g/mol. The molecule has 1 rings (SSSR count). The van der Waals surface area contributed by atoms with Gasteiger partial charge in [-0.05, 0) is 12.8 Å². The number of rotatable bonds is 5. The topological polar surface area (TPSA) is 86.7 Å². The highest BCUT2D eigenvalue weighted by atomic mass is 16.4. The van der Waals surface area contributed by atoms with E-state index in [0.717, 1.165) is 0 Å². The zero-order valence-electron chi connectivity index (χ0n) is 10.9. The fourth-order valence-electron chi connectivity index (χ4n) is 2.13. The zero-order valence-corrected chi connectivity index (χ0v) is 10.9. The first-order valence-electron chi connectivity index (χ1n) is 6.23. The van der Waals surface area contributed by atoms with E-state index < -0.39 is 11.4 Å². The van der Waals surface area contributed by atoms with E-state index in [1.54, 1.807) is 13.8 Å². The van der Waals surface area contributed by atoms with Crippen LogP contribution in [0.5, 0.6) is 0 Å². The SMILES string of the molecule is CCC(CC)(CC(=O)N1CCNC(=O)C1)C(=O)O. The Labute approximate surface area is 106 Å². The van der Waals surface area contributed by atoms with E-state index in [-0.39, 0.29) is 24.8 Å². The maximum Gasteiger partial charge on any atom is 0.310 e. The van der Waals surface area contributed by atoms with Crippen molar-refractivity contribution < 1.29 is 19.5 Å². The molecule has 1 saturated heterocycles. The molecule has 0 radical (unpaired) electrons. The third-order valence-electron chi connectivity index (χ3n) is 3.69. The van der Waals surface area contributed by atoms with Gasteiger partial charge in [0, 0.05) is 19.5 Å². The summed E-state index contributed by atoms with van der Waals surface area (Å²) in [5.41, 5.74) is -1.01. The molecule has 18 heavy (non-hydrogen) atoms. The summed E-state index contributed by atoms with van der Waals surface area (Å²) in [4.78, 5) is 36.0. The maximum atomic E-state index is 12.1. The number of carboxylic acids is 1. The second-order valence-electron chi connectivity index (χ2n) is 4.63. The largest absolute Gasteiger partial charge is 0.481 e. The summed E-state index contributed by atoms with van der Waals surface area (Å²) >= 11 is 0. The molecule has 0 aromatic rings. The molecular weight excluding hydrogens is 236 g/mol. The van der Waals surface area contributed by atoms with Crippen molar-refractivity contribution in [1.29, 1.82) is 0 Å². The molecule has 0 aliphatic carbocycles. The fourth-order valence-corrected chi connectivity index (χ4v) is 2.13. The predicted molar refractivity (Wildman–Crippen MR) is 64.9 cm³/mol. The normalized spacial score (nSPS) is 16.3. The molecule has 0 saturated carbocycles. The van der Waals surface area contributed by atoms with E-state index in [0.29, 0.717) is 25.9 Å². The Balaban J connectivity index is 2.72. The van der Waals surface area contributed by atoms with Gasteiger partial charge in [0.25, 0.3) is 0 Å². The van der Waals surface area contributed by atoms with E-state index in [2.05, 4.69) is 5.32 Å². The standard InChI is InChI=1S/C12H20N2O4/c1-3-12(4-2,11(17)18)7-10(16)14-6-5-13-9(15)8-14/h3-8H2,1-2H3,(H,13,15)(H,17,18). The van der Waals surface area contributed by atoms with Crippen LogP contribution in [-0.4, -0.2) is 47.4 Å². The number of hydrogen-bond acceptors (Lipinski definition) is 3. The van der Waals surface area contributed by atoms with Gasteiger partial charge in [-0.25, -0.2) is 0 Å². The van der Waals surface area contributed by atoms with Crippen LogP contribution < -0.4 is 5.32 Å². The summed E-state index contributed by atoms with van der Waals surface area (Å²) in [6.45, 7) is 4.46. The van der Waals surface area contributed by atoms with Crippen LogP contribution >= 0.6 is 0 Å². The lowest BCUT2D eigenvalue weighted by Crippen LogP contribution is -2.51. The van der Waals surface area contributed by atoms with E-state index in [4.69, 9.17) is 0 Å². The van der Waals surface area contributed by atoms with Gasteiger partial charge in [-0.15, -0.1) is 0 Å². The van der Waals surface area contributed by atoms with E-state index in [9.17, 15) is 19.5 Å².